The van der Waals surface area contributed by atoms with Gasteiger partial charge in [-0.1, -0.05) is 0 Å². The summed E-state index contributed by atoms with van der Waals surface area (Å²) in [6.07, 6.45) is 6.81. The maximum absolute atomic E-state index is 13.4. The van der Waals surface area contributed by atoms with Crippen molar-refractivity contribution in [1.82, 2.24) is 25.5 Å². The zero-order valence-electron chi connectivity index (χ0n) is 20.9. The molecule has 206 valence electrons. The first-order chi connectivity index (χ1) is 17.6. The number of imidazole rings is 1. The van der Waals surface area contributed by atoms with Gasteiger partial charge in [0.05, 0.1) is 12.4 Å². The molecule has 1 aliphatic heterocycles. The molecule has 0 aliphatic carbocycles. The van der Waals surface area contributed by atoms with E-state index in [9.17, 15) is 24.3 Å². The number of carboxylic acids is 1. The van der Waals surface area contributed by atoms with Crippen LogP contribution >= 0.6 is 11.8 Å². The largest absolute Gasteiger partial charge is 0.480 e. The lowest BCUT2D eigenvalue weighted by molar-refractivity contribution is -0.149. The molecule has 0 spiro atoms. The third-order valence-electron chi connectivity index (χ3n) is 5.96. The van der Waals surface area contributed by atoms with Crippen molar-refractivity contribution in [1.29, 1.82) is 0 Å². The maximum Gasteiger partial charge on any atom is 0.326 e. The van der Waals surface area contributed by atoms with Gasteiger partial charge in [-0.25, -0.2) is 9.78 Å². The van der Waals surface area contributed by atoms with E-state index < -0.39 is 47.9 Å². The summed E-state index contributed by atoms with van der Waals surface area (Å²) in [5, 5.41) is 14.9. The summed E-state index contributed by atoms with van der Waals surface area (Å²) in [5.74, 6) is -2.11. The molecular formula is C22H37N9O5S. The number of H-pyrrole nitrogens is 1. The van der Waals surface area contributed by atoms with E-state index in [2.05, 4.69) is 25.6 Å². The molecule has 14 nitrogen and oxygen atoms in total. The Labute approximate surface area is 219 Å². The molecule has 1 aromatic heterocycles. The van der Waals surface area contributed by atoms with Crippen molar-refractivity contribution in [3.05, 3.63) is 18.2 Å². The van der Waals surface area contributed by atoms with Gasteiger partial charge in [-0.15, -0.1) is 0 Å². The fourth-order valence-corrected chi connectivity index (χ4v) is 4.49. The van der Waals surface area contributed by atoms with Crippen LogP contribution in [0, 0.1) is 0 Å². The number of carbonyl (C=O) groups is 4. The van der Waals surface area contributed by atoms with Crippen LogP contribution in [-0.4, -0.2) is 98.9 Å². The fraction of sp³-hybridized carbons (Fsp3) is 0.636. The molecule has 2 rings (SSSR count). The highest BCUT2D eigenvalue weighted by Crippen LogP contribution is 2.19. The number of carboxylic acid groups (broad SMARTS) is 1. The normalized spacial score (nSPS) is 17.5. The lowest BCUT2D eigenvalue weighted by atomic mass is 10.1. The van der Waals surface area contributed by atoms with E-state index in [1.807, 2.05) is 6.26 Å². The summed E-state index contributed by atoms with van der Waals surface area (Å²) < 4.78 is 0. The number of hydrogen-bond acceptors (Lipinski definition) is 8. The Bertz CT molecular complexity index is 939. The molecule has 3 amide bonds. The number of aliphatic carboxylic acids is 1. The molecule has 0 bridgehead atoms. The molecule has 1 saturated heterocycles. The number of nitrogens with two attached hydrogens (primary N) is 3. The van der Waals surface area contributed by atoms with Crippen LogP contribution in [0.15, 0.2) is 17.5 Å². The summed E-state index contributed by atoms with van der Waals surface area (Å²) in [7, 11) is 0. The van der Waals surface area contributed by atoms with Crippen molar-refractivity contribution in [2.75, 3.05) is 25.1 Å². The molecule has 4 unspecified atom stereocenters. The second-order valence-electron chi connectivity index (χ2n) is 8.77. The maximum atomic E-state index is 13.4. The van der Waals surface area contributed by atoms with Gasteiger partial charge in [-0.3, -0.25) is 19.4 Å². The first kappa shape index (κ1) is 29.9. The average molecular weight is 540 g/mol. The first-order valence-electron chi connectivity index (χ1n) is 12.0. The molecule has 4 atom stereocenters. The number of aliphatic imine (C=N–C) groups is 1. The monoisotopic (exact) mass is 539 g/mol. The molecule has 1 aliphatic rings. The smallest absolute Gasteiger partial charge is 0.326 e. The van der Waals surface area contributed by atoms with Crippen molar-refractivity contribution in [3.8, 4) is 0 Å². The Balaban J connectivity index is 2.20. The van der Waals surface area contributed by atoms with Gasteiger partial charge in [0.25, 0.3) is 0 Å². The van der Waals surface area contributed by atoms with Crippen molar-refractivity contribution in [2.24, 2.45) is 22.2 Å². The highest BCUT2D eigenvalue weighted by Gasteiger charge is 2.38. The highest BCUT2D eigenvalue weighted by molar-refractivity contribution is 7.98. The summed E-state index contributed by atoms with van der Waals surface area (Å²) in [6.45, 7) is 0.513. The minimum absolute atomic E-state index is 0.0648. The quantitative estimate of drug-likeness (QED) is 0.0744. The predicted molar refractivity (Wildman–Crippen MR) is 139 cm³/mol. The number of thioether (sulfide) groups is 1. The van der Waals surface area contributed by atoms with Crippen molar-refractivity contribution < 1.29 is 24.3 Å². The van der Waals surface area contributed by atoms with E-state index in [4.69, 9.17) is 17.2 Å². The topological polar surface area (TPSA) is 235 Å². The Kier molecular flexibility index (Phi) is 12.2. The molecule has 0 saturated carbocycles. The van der Waals surface area contributed by atoms with E-state index in [0.29, 0.717) is 37.1 Å². The number of hydrogen-bond donors (Lipinski definition) is 7. The summed E-state index contributed by atoms with van der Waals surface area (Å²) >= 11 is 1.55. The van der Waals surface area contributed by atoms with Crippen molar-refractivity contribution >= 4 is 41.4 Å². The number of rotatable bonds is 15. The molecule has 1 fully saturated rings. The highest BCUT2D eigenvalue weighted by atomic mass is 32.2. The summed E-state index contributed by atoms with van der Waals surface area (Å²) in [5.41, 5.74) is 17.3. The van der Waals surface area contributed by atoms with Gasteiger partial charge in [-0.05, 0) is 44.1 Å². The van der Waals surface area contributed by atoms with Crippen LogP contribution in [0.5, 0.6) is 0 Å². The van der Waals surface area contributed by atoms with Crippen LogP contribution in [-0.2, 0) is 25.6 Å². The van der Waals surface area contributed by atoms with Gasteiger partial charge >= 0.3 is 5.97 Å². The zero-order valence-corrected chi connectivity index (χ0v) is 21.7. The van der Waals surface area contributed by atoms with Crippen molar-refractivity contribution in [3.63, 3.8) is 0 Å². The van der Waals surface area contributed by atoms with E-state index in [1.54, 1.807) is 11.8 Å². The van der Waals surface area contributed by atoms with E-state index in [-0.39, 0.29) is 31.9 Å². The number of nitrogens with zero attached hydrogens (tertiary/aromatic N) is 3. The van der Waals surface area contributed by atoms with Crippen LogP contribution in [0.4, 0.5) is 0 Å². The van der Waals surface area contributed by atoms with E-state index in [1.165, 1.54) is 17.4 Å². The van der Waals surface area contributed by atoms with Gasteiger partial charge < -0.3 is 42.8 Å². The standard InChI is InChI=1S/C22H37N9O5S/c1-37-9-6-14(23)18(32)29-15(4-2-7-27-22(24)25)19(33)30-16(10-13-11-26-12-28-13)20(34)31-8-3-5-17(31)21(35)36/h11-12,14-17H,2-10,23H2,1H3,(H,26,28)(H,29,32)(H,30,33)(H,35,36)(H4,24,25,27). The number of guanidine groups is 1. The molecular weight excluding hydrogens is 502 g/mol. The Hall–Kier alpha value is -3.33. The van der Waals surface area contributed by atoms with Crippen LogP contribution in [0.1, 0.15) is 37.8 Å². The Morgan fingerprint density at radius 2 is 1.97 bits per heavy atom. The van der Waals surface area contributed by atoms with E-state index >= 15 is 0 Å². The molecule has 37 heavy (non-hydrogen) atoms. The van der Waals surface area contributed by atoms with Gasteiger partial charge in [0, 0.05) is 31.4 Å². The SMILES string of the molecule is CSCCC(N)C(=O)NC(CCCN=C(N)N)C(=O)NC(Cc1cnc[nH]1)C(=O)N1CCCC1C(=O)O. The van der Waals surface area contributed by atoms with Gasteiger partial charge in [-0.2, -0.15) is 11.8 Å². The average Bonchev–Trinajstić information content (AvgIpc) is 3.55. The minimum atomic E-state index is -1.10. The molecule has 0 aromatic carbocycles. The number of aromatic nitrogens is 2. The van der Waals surface area contributed by atoms with Gasteiger partial charge in [0.1, 0.15) is 18.1 Å². The number of nitrogens with one attached hydrogen (secondary N) is 3. The number of likely N-dealkylation sites (tertiary alicyclic amines) is 1. The second kappa shape index (κ2) is 15.0. The lowest BCUT2D eigenvalue weighted by Crippen LogP contribution is -2.57. The summed E-state index contributed by atoms with van der Waals surface area (Å²) in [4.78, 5) is 63.1. The van der Waals surface area contributed by atoms with Crippen LogP contribution in [0.2, 0.25) is 0 Å². The fourth-order valence-electron chi connectivity index (χ4n) is 4.00. The lowest BCUT2D eigenvalue weighted by Gasteiger charge is -2.29. The van der Waals surface area contributed by atoms with Gasteiger partial charge in [0.15, 0.2) is 5.96 Å². The number of aromatic amines is 1. The van der Waals surface area contributed by atoms with E-state index in [0.717, 1.165) is 0 Å². The first-order valence-corrected chi connectivity index (χ1v) is 13.4. The third-order valence-corrected chi connectivity index (χ3v) is 6.61. The van der Waals surface area contributed by atoms with Crippen LogP contribution < -0.4 is 27.8 Å². The molecule has 10 N–H and O–H groups in total. The Morgan fingerprint density at radius 3 is 2.59 bits per heavy atom. The summed E-state index contributed by atoms with van der Waals surface area (Å²) in [6, 6.07) is -3.84. The minimum Gasteiger partial charge on any atom is -0.480 e. The molecule has 2 heterocycles. The molecule has 0 radical (unpaired) electrons. The third kappa shape index (κ3) is 9.57. The molecule has 15 heteroatoms. The zero-order chi connectivity index (χ0) is 27.4. The number of amides is 3. The number of carbonyl (C=O) groups excluding carboxylic acids is 3. The molecule has 1 aromatic rings. The predicted octanol–water partition coefficient (Wildman–Crippen LogP) is -1.87. The second-order valence-corrected chi connectivity index (χ2v) is 9.75. The van der Waals surface area contributed by atoms with Crippen LogP contribution in [0.3, 0.4) is 0 Å². The van der Waals surface area contributed by atoms with Gasteiger partial charge in [0.2, 0.25) is 17.7 Å². The van der Waals surface area contributed by atoms with Crippen LogP contribution in [0.25, 0.3) is 0 Å². The van der Waals surface area contributed by atoms with Crippen molar-refractivity contribution in [2.45, 2.75) is 62.7 Å². The Morgan fingerprint density at radius 1 is 1.24 bits per heavy atom.